The number of anilines is 2. The predicted octanol–water partition coefficient (Wildman–Crippen LogP) is 3.82. The van der Waals surface area contributed by atoms with Crippen LogP contribution in [0.5, 0.6) is 0 Å². The van der Waals surface area contributed by atoms with Crippen molar-refractivity contribution in [2.45, 2.75) is 43.4 Å². The van der Waals surface area contributed by atoms with Gasteiger partial charge in [0.05, 0.1) is 12.0 Å². The first-order valence-corrected chi connectivity index (χ1v) is 9.41. The molecule has 3 N–H and O–H groups in total. The quantitative estimate of drug-likeness (QED) is 0.647. The molecule has 0 aliphatic carbocycles. The lowest BCUT2D eigenvalue weighted by molar-refractivity contribution is -0.267. The molecule has 6 nitrogen and oxygen atoms in total. The second-order valence-corrected chi connectivity index (χ2v) is 7.60. The Labute approximate surface area is 168 Å². The molecule has 2 aliphatic heterocycles. The van der Waals surface area contributed by atoms with Gasteiger partial charge in [0, 0.05) is 36.0 Å². The van der Waals surface area contributed by atoms with Crippen molar-refractivity contribution in [2.24, 2.45) is 0 Å². The van der Waals surface area contributed by atoms with Crippen LogP contribution in [0.2, 0.25) is 0 Å². The van der Waals surface area contributed by atoms with Crippen molar-refractivity contribution in [2.75, 3.05) is 23.3 Å². The number of aliphatic hydroxyl groups is 1. The number of halogens is 5. The third-order valence-corrected chi connectivity index (χ3v) is 5.76. The van der Waals surface area contributed by atoms with Crippen LogP contribution >= 0.6 is 0 Å². The Morgan fingerprint density at radius 1 is 1.17 bits per heavy atom. The van der Waals surface area contributed by atoms with E-state index in [0.717, 1.165) is 5.69 Å². The fraction of sp³-hybridized carbons (Fsp3) is 0.474. The Bertz CT molecular complexity index is 935. The number of fused-ring (bicyclic) bond motifs is 1. The van der Waals surface area contributed by atoms with Gasteiger partial charge in [-0.3, -0.25) is 9.89 Å². The average Bonchev–Trinajstić information content (AvgIpc) is 3.12. The summed E-state index contributed by atoms with van der Waals surface area (Å²) in [6.07, 6.45) is -7.78. The normalized spacial score (nSPS) is 22.9. The molecule has 1 unspecified atom stereocenters. The second-order valence-electron chi connectivity index (χ2n) is 7.60. The number of hydrogen-bond acceptors (Lipinski definition) is 4. The van der Waals surface area contributed by atoms with Crippen molar-refractivity contribution in [3.8, 4) is 0 Å². The minimum atomic E-state index is -5.04. The Morgan fingerprint density at radius 2 is 1.80 bits per heavy atom. The van der Waals surface area contributed by atoms with E-state index in [4.69, 9.17) is 0 Å². The number of benzene rings is 1. The van der Waals surface area contributed by atoms with E-state index in [1.54, 1.807) is 12.1 Å². The summed E-state index contributed by atoms with van der Waals surface area (Å²) in [7, 11) is 0. The molecule has 3 heterocycles. The third-order valence-electron chi connectivity index (χ3n) is 5.76. The predicted molar refractivity (Wildman–Crippen MR) is 97.4 cm³/mol. The maximum Gasteiger partial charge on any atom is 0.422 e. The van der Waals surface area contributed by atoms with Gasteiger partial charge in [-0.05, 0) is 25.0 Å². The van der Waals surface area contributed by atoms with Crippen molar-refractivity contribution < 1.29 is 31.9 Å². The topological polar surface area (TPSA) is 81.2 Å². The van der Waals surface area contributed by atoms with E-state index in [1.807, 2.05) is 4.90 Å². The SMILES string of the molecule is O=C1CC(O)(C(F)(F)F)c2c(n[nH]c2C2CCN(c3ccc(C(F)F)cc3)CC2)N1. The van der Waals surface area contributed by atoms with E-state index in [2.05, 4.69) is 15.5 Å². The number of amides is 1. The number of H-pyrrole nitrogens is 1. The van der Waals surface area contributed by atoms with Gasteiger partial charge in [-0.1, -0.05) is 12.1 Å². The molecular weight excluding hydrogens is 411 g/mol. The fourth-order valence-corrected chi connectivity index (χ4v) is 4.16. The lowest BCUT2D eigenvalue weighted by Crippen LogP contribution is -2.48. The molecule has 0 saturated carbocycles. The van der Waals surface area contributed by atoms with E-state index >= 15 is 0 Å². The van der Waals surface area contributed by atoms with Crippen molar-refractivity contribution >= 4 is 17.4 Å². The van der Waals surface area contributed by atoms with Gasteiger partial charge in [-0.2, -0.15) is 18.3 Å². The van der Waals surface area contributed by atoms with Gasteiger partial charge in [-0.15, -0.1) is 0 Å². The summed E-state index contributed by atoms with van der Waals surface area (Å²) in [5.41, 5.74) is -2.88. The van der Waals surface area contributed by atoms with E-state index in [1.165, 1.54) is 12.1 Å². The number of carbonyl (C=O) groups is 1. The first-order valence-electron chi connectivity index (χ1n) is 9.41. The summed E-state index contributed by atoms with van der Waals surface area (Å²) >= 11 is 0. The molecule has 30 heavy (non-hydrogen) atoms. The summed E-state index contributed by atoms with van der Waals surface area (Å²) in [6.45, 7) is 0.979. The van der Waals surface area contributed by atoms with Gasteiger partial charge in [0.25, 0.3) is 6.43 Å². The lowest BCUT2D eigenvalue weighted by atomic mass is 9.81. The highest BCUT2D eigenvalue weighted by Crippen LogP contribution is 2.49. The van der Waals surface area contributed by atoms with Crippen LogP contribution < -0.4 is 10.2 Å². The molecular formula is C19H19F5N4O2. The molecule has 1 fully saturated rings. The number of nitrogens with zero attached hydrogens (tertiary/aromatic N) is 2. The number of piperidine rings is 1. The van der Waals surface area contributed by atoms with E-state index in [9.17, 15) is 31.9 Å². The molecule has 0 bridgehead atoms. The van der Waals surface area contributed by atoms with Crippen LogP contribution in [0.4, 0.5) is 33.5 Å². The maximum absolute atomic E-state index is 13.6. The van der Waals surface area contributed by atoms with Crippen molar-refractivity contribution in [1.82, 2.24) is 10.2 Å². The number of nitrogens with one attached hydrogen (secondary N) is 2. The first kappa shape index (κ1) is 20.6. The van der Waals surface area contributed by atoms with Crippen LogP contribution in [0.1, 0.15) is 48.4 Å². The van der Waals surface area contributed by atoms with Gasteiger partial charge in [0.1, 0.15) is 0 Å². The standard InChI is InChI=1S/C19H19F5N4O2/c20-16(21)11-1-3-12(4-2-11)28-7-5-10(6-8-28)15-14-17(27-26-15)25-13(29)9-18(14,30)19(22,23)24/h1-4,10,16,30H,5-9H2,(H2,25,26,27,29). The Morgan fingerprint density at radius 3 is 2.37 bits per heavy atom. The molecule has 0 radical (unpaired) electrons. The van der Waals surface area contributed by atoms with E-state index < -0.39 is 36.1 Å². The number of aromatic amines is 1. The molecule has 4 rings (SSSR count). The minimum Gasteiger partial charge on any atom is -0.376 e. The summed E-state index contributed by atoms with van der Waals surface area (Å²) < 4.78 is 66.3. The van der Waals surface area contributed by atoms with E-state index in [-0.39, 0.29) is 23.0 Å². The van der Waals surface area contributed by atoms with Crippen LogP contribution in [0.3, 0.4) is 0 Å². The number of carbonyl (C=O) groups excluding carboxylic acids is 1. The highest BCUT2D eigenvalue weighted by Gasteiger charge is 2.61. The third kappa shape index (κ3) is 3.40. The van der Waals surface area contributed by atoms with Crippen molar-refractivity contribution in [3.05, 3.63) is 41.1 Å². The summed E-state index contributed by atoms with van der Waals surface area (Å²) in [6, 6.07) is 5.89. The van der Waals surface area contributed by atoms with Gasteiger partial charge in [-0.25, -0.2) is 8.78 Å². The molecule has 162 valence electrons. The molecule has 1 aromatic carbocycles. The number of alkyl halides is 5. The highest BCUT2D eigenvalue weighted by molar-refractivity contribution is 5.94. The molecule has 11 heteroatoms. The summed E-state index contributed by atoms with van der Waals surface area (Å²) in [5.74, 6) is -1.59. The Hall–Kier alpha value is -2.69. The van der Waals surface area contributed by atoms with Gasteiger partial charge in [0.15, 0.2) is 11.4 Å². The molecule has 2 aliphatic rings. The summed E-state index contributed by atoms with van der Waals surface area (Å²) in [5, 5.41) is 19.1. The molecule has 1 amide bonds. The second kappa shape index (κ2) is 7.22. The van der Waals surface area contributed by atoms with Crippen LogP contribution in [-0.4, -0.2) is 40.5 Å². The molecule has 1 atom stereocenters. The van der Waals surface area contributed by atoms with Gasteiger partial charge < -0.3 is 15.3 Å². The molecule has 2 aromatic rings. The zero-order valence-electron chi connectivity index (χ0n) is 15.6. The lowest BCUT2D eigenvalue weighted by Gasteiger charge is -2.37. The molecule has 0 spiro atoms. The molecule has 1 saturated heterocycles. The monoisotopic (exact) mass is 430 g/mol. The maximum atomic E-state index is 13.6. The number of aromatic nitrogens is 2. The van der Waals surface area contributed by atoms with Crippen molar-refractivity contribution in [1.29, 1.82) is 0 Å². The van der Waals surface area contributed by atoms with Gasteiger partial charge >= 0.3 is 6.18 Å². The van der Waals surface area contributed by atoms with Gasteiger partial charge in [0.2, 0.25) is 5.91 Å². The van der Waals surface area contributed by atoms with Crippen LogP contribution in [0.25, 0.3) is 0 Å². The largest absolute Gasteiger partial charge is 0.422 e. The van der Waals surface area contributed by atoms with Crippen LogP contribution in [-0.2, 0) is 10.4 Å². The summed E-state index contributed by atoms with van der Waals surface area (Å²) in [4.78, 5) is 13.6. The van der Waals surface area contributed by atoms with Crippen molar-refractivity contribution in [3.63, 3.8) is 0 Å². The Balaban J connectivity index is 1.55. The highest BCUT2D eigenvalue weighted by atomic mass is 19.4. The zero-order chi connectivity index (χ0) is 21.7. The van der Waals surface area contributed by atoms with E-state index in [0.29, 0.717) is 25.9 Å². The van der Waals surface area contributed by atoms with Crippen LogP contribution in [0.15, 0.2) is 24.3 Å². The average molecular weight is 430 g/mol. The van der Waals surface area contributed by atoms with Crippen LogP contribution in [0, 0.1) is 0 Å². The molecule has 1 aromatic heterocycles. The Kier molecular flexibility index (Phi) is 4.95. The number of hydrogen-bond donors (Lipinski definition) is 3. The number of rotatable bonds is 3. The zero-order valence-corrected chi connectivity index (χ0v) is 15.6. The fourth-order valence-electron chi connectivity index (χ4n) is 4.16. The minimum absolute atomic E-state index is 0.0776. The first-order chi connectivity index (χ1) is 14.1. The smallest absolute Gasteiger partial charge is 0.376 e.